The van der Waals surface area contributed by atoms with Crippen LogP contribution in [0, 0.1) is 0 Å². The standard InChI is InChI=1S/C18H30N6O/c1-22(2)17(25)11-19-18(21-16-6-4-5-7-16)24-9-8-14(13-24)15-10-20-23(3)12-15/h10,12,14,16H,4-9,11,13H2,1-3H3,(H,19,21). The lowest BCUT2D eigenvalue weighted by Crippen LogP contribution is -2.44. The van der Waals surface area contributed by atoms with Gasteiger partial charge in [0.05, 0.1) is 6.20 Å². The van der Waals surface area contributed by atoms with Crippen LogP contribution in [0.25, 0.3) is 0 Å². The average molecular weight is 346 g/mol. The molecule has 25 heavy (non-hydrogen) atoms. The molecular formula is C18H30N6O. The van der Waals surface area contributed by atoms with Crippen LogP contribution in [0.3, 0.4) is 0 Å². The van der Waals surface area contributed by atoms with E-state index in [1.165, 1.54) is 31.2 Å². The first-order chi connectivity index (χ1) is 12.0. The van der Waals surface area contributed by atoms with E-state index in [9.17, 15) is 4.79 Å². The molecule has 1 unspecified atom stereocenters. The molecule has 2 aliphatic rings. The Labute approximate surface area is 150 Å². The van der Waals surface area contributed by atoms with Crippen LogP contribution in [0.15, 0.2) is 17.4 Å². The first kappa shape index (κ1) is 17.8. The lowest BCUT2D eigenvalue weighted by Gasteiger charge is -2.25. The number of rotatable bonds is 4. The maximum Gasteiger partial charge on any atom is 0.243 e. The van der Waals surface area contributed by atoms with Crippen molar-refractivity contribution < 1.29 is 4.79 Å². The Morgan fingerprint density at radius 1 is 1.36 bits per heavy atom. The van der Waals surface area contributed by atoms with Crippen molar-refractivity contribution in [1.82, 2.24) is 24.9 Å². The largest absolute Gasteiger partial charge is 0.353 e. The van der Waals surface area contributed by atoms with Gasteiger partial charge in [0.25, 0.3) is 0 Å². The van der Waals surface area contributed by atoms with Gasteiger partial charge in [-0.15, -0.1) is 0 Å². The van der Waals surface area contributed by atoms with E-state index < -0.39 is 0 Å². The third kappa shape index (κ3) is 4.52. The summed E-state index contributed by atoms with van der Waals surface area (Å²) in [4.78, 5) is 20.5. The first-order valence-corrected chi connectivity index (χ1v) is 9.27. The number of hydrogen-bond donors (Lipinski definition) is 1. The van der Waals surface area contributed by atoms with Crippen LogP contribution < -0.4 is 5.32 Å². The summed E-state index contributed by atoms with van der Waals surface area (Å²) >= 11 is 0. The number of likely N-dealkylation sites (N-methyl/N-ethyl adjacent to an activating group) is 1. The maximum absolute atomic E-state index is 11.9. The third-order valence-corrected chi connectivity index (χ3v) is 5.24. The van der Waals surface area contributed by atoms with Gasteiger partial charge < -0.3 is 15.1 Å². The molecule has 1 saturated carbocycles. The van der Waals surface area contributed by atoms with E-state index >= 15 is 0 Å². The topological polar surface area (TPSA) is 65.8 Å². The van der Waals surface area contributed by atoms with Crippen molar-refractivity contribution in [1.29, 1.82) is 0 Å². The summed E-state index contributed by atoms with van der Waals surface area (Å²) in [5.74, 6) is 1.41. The second-order valence-corrected chi connectivity index (χ2v) is 7.43. The van der Waals surface area contributed by atoms with E-state index in [0.717, 1.165) is 25.5 Å². The normalized spacial score (nSPS) is 21.8. The molecule has 1 aliphatic carbocycles. The molecule has 138 valence electrons. The molecule has 7 heteroatoms. The fourth-order valence-electron chi connectivity index (χ4n) is 3.65. The molecule has 0 spiro atoms. The Hall–Kier alpha value is -2.05. The quantitative estimate of drug-likeness (QED) is 0.657. The maximum atomic E-state index is 11.9. The highest BCUT2D eigenvalue weighted by atomic mass is 16.2. The van der Waals surface area contributed by atoms with Gasteiger partial charge in [-0.2, -0.15) is 5.10 Å². The number of likely N-dealkylation sites (tertiary alicyclic amines) is 1. The van der Waals surface area contributed by atoms with Crippen molar-refractivity contribution in [2.24, 2.45) is 12.0 Å². The molecule has 0 radical (unpaired) electrons. The van der Waals surface area contributed by atoms with Crippen molar-refractivity contribution in [2.45, 2.75) is 44.1 Å². The highest BCUT2D eigenvalue weighted by Crippen LogP contribution is 2.27. The molecule has 0 aromatic carbocycles. The molecule has 1 N–H and O–H groups in total. The van der Waals surface area contributed by atoms with E-state index in [1.807, 2.05) is 17.9 Å². The molecule has 0 bridgehead atoms. The Kier molecular flexibility index (Phi) is 5.60. The molecule has 1 aromatic rings. The predicted molar refractivity (Wildman–Crippen MR) is 98.5 cm³/mol. The van der Waals surface area contributed by atoms with E-state index in [2.05, 4.69) is 26.5 Å². The van der Waals surface area contributed by atoms with Crippen molar-refractivity contribution in [3.8, 4) is 0 Å². The predicted octanol–water partition coefficient (Wildman–Crippen LogP) is 1.19. The van der Waals surface area contributed by atoms with Gasteiger partial charge in [-0.05, 0) is 24.8 Å². The van der Waals surface area contributed by atoms with Crippen molar-refractivity contribution >= 4 is 11.9 Å². The van der Waals surface area contributed by atoms with Gasteiger partial charge in [0, 0.05) is 52.4 Å². The SMILES string of the molecule is CN(C)C(=O)CN=C(NC1CCCC1)N1CCC(c2cnn(C)c2)C1. The number of nitrogens with zero attached hydrogens (tertiary/aromatic N) is 5. The fourth-order valence-corrected chi connectivity index (χ4v) is 3.65. The smallest absolute Gasteiger partial charge is 0.243 e. The molecule has 7 nitrogen and oxygen atoms in total. The zero-order valence-electron chi connectivity index (χ0n) is 15.6. The lowest BCUT2D eigenvalue weighted by atomic mass is 10.0. The monoisotopic (exact) mass is 346 g/mol. The fraction of sp³-hybridized carbons (Fsp3) is 0.722. The molecule has 3 rings (SSSR count). The van der Waals surface area contributed by atoms with Crippen molar-refractivity contribution in [3.05, 3.63) is 18.0 Å². The van der Waals surface area contributed by atoms with Crippen LogP contribution >= 0.6 is 0 Å². The summed E-state index contributed by atoms with van der Waals surface area (Å²) in [6.45, 7) is 2.10. The zero-order chi connectivity index (χ0) is 17.8. The van der Waals surface area contributed by atoms with Crippen LogP contribution in [0.4, 0.5) is 0 Å². The number of amides is 1. The van der Waals surface area contributed by atoms with Gasteiger partial charge in [-0.25, -0.2) is 4.99 Å². The van der Waals surface area contributed by atoms with Crippen LogP contribution in [0.1, 0.15) is 43.6 Å². The van der Waals surface area contributed by atoms with Gasteiger partial charge in [0.1, 0.15) is 6.54 Å². The van der Waals surface area contributed by atoms with Gasteiger partial charge >= 0.3 is 0 Å². The van der Waals surface area contributed by atoms with Gasteiger partial charge in [0.15, 0.2) is 5.96 Å². The van der Waals surface area contributed by atoms with Gasteiger partial charge in [-0.1, -0.05) is 12.8 Å². The van der Waals surface area contributed by atoms with Crippen molar-refractivity contribution in [2.75, 3.05) is 33.7 Å². The second-order valence-electron chi connectivity index (χ2n) is 7.43. The number of aromatic nitrogens is 2. The minimum absolute atomic E-state index is 0.0359. The minimum atomic E-state index is 0.0359. The van der Waals surface area contributed by atoms with Crippen molar-refractivity contribution in [3.63, 3.8) is 0 Å². The molecular weight excluding hydrogens is 316 g/mol. The summed E-state index contributed by atoms with van der Waals surface area (Å²) < 4.78 is 1.86. The highest BCUT2D eigenvalue weighted by Gasteiger charge is 2.28. The van der Waals surface area contributed by atoms with Crippen LogP contribution in [0.5, 0.6) is 0 Å². The summed E-state index contributed by atoms with van der Waals surface area (Å²) in [5.41, 5.74) is 1.29. The molecule has 1 aromatic heterocycles. The van der Waals surface area contributed by atoms with Crippen LogP contribution in [-0.2, 0) is 11.8 Å². The van der Waals surface area contributed by atoms with Gasteiger partial charge in [0.2, 0.25) is 5.91 Å². The average Bonchev–Trinajstić information content (AvgIpc) is 3.31. The Morgan fingerprint density at radius 3 is 2.76 bits per heavy atom. The van der Waals surface area contributed by atoms with E-state index in [0.29, 0.717) is 12.0 Å². The summed E-state index contributed by atoms with van der Waals surface area (Å²) in [5, 5.41) is 7.91. The second kappa shape index (κ2) is 7.89. The lowest BCUT2D eigenvalue weighted by molar-refractivity contribution is -0.127. The highest BCUT2D eigenvalue weighted by molar-refractivity contribution is 5.85. The third-order valence-electron chi connectivity index (χ3n) is 5.24. The molecule has 1 atom stereocenters. The van der Waals surface area contributed by atoms with Crippen LogP contribution in [0.2, 0.25) is 0 Å². The number of carbonyl (C=O) groups excluding carboxylic acids is 1. The van der Waals surface area contributed by atoms with E-state index in [1.54, 1.807) is 19.0 Å². The summed E-state index contributed by atoms with van der Waals surface area (Å²) in [6, 6.07) is 0.491. The van der Waals surface area contributed by atoms with E-state index in [-0.39, 0.29) is 12.5 Å². The molecule has 1 aliphatic heterocycles. The number of aliphatic imine (C=N–C) groups is 1. The Bertz CT molecular complexity index is 617. The number of aryl methyl sites for hydroxylation is 1. The number of hydrogen-bond acceptors (Lipinski definition) is 3. The minimum Gasteiger partial charge on any atom is -0.353 e. The molecule has 2 heterocycles. The number of carbonyl (C=O) groups is 1. The van der Waals surface area contributed by atoms with Crippen LogP contribution in [-0.4, -0.2) is 71.2 Å². The number of guanidine groups is 1. The molecule has 1 amide bonds. The number of nitrogens with one attached hydrogen (secondary N) is 1. The zero-order valence-corrected chi connectivity index (χ0v) is 15.6. The van der Waals surface area contributed by atoms with Gasteiger partial charge in [-0.3, -0.25) is 9.48 Å². The summed E-state index contributed by atoms with van der Waals surface area (Å²) in [6.07, 6.45) is 10.1. The molecule has 1 saturated heterocycles. The summed E-state index contributed by atoms with van der Waals surface area (Å²) in [7, 11) is 5.50. The molecule has 2 fully saturated rings. The first-order valence-electron chi connectivity index (χ1n) is 9.27. The Balaban J connectivity index is 1.67. The van der Waals surface area contributed by atoms with E-state index in [4.69, 9.17) is 0 Å². The Morgan fingerprint density at radius 2 is 2.12 bits per heavy atom.